The quantitative estimate of drug-likeness (QED) is 0.710. The Bertz CT molecular complexity index is 931. The van der Waals surface area contributed by atoms with E-state index in [2.05, 4.69) is 10.1 Å². The monoisotopic (exact) mass is 355 g/mol. The van der Waals surface area contributed by atoms with Crippen molar-refractivity contribution in [1.29, 1.82) is 0 Å². The van der Waals surface area contributed by atoms with Gasteiger partial charge in [-0.05, 0) is 43.7 Å². The molecule has 0 bridgehead atoms. The van der Waals surface area contributed by atoms with E-state index in [1.807, 2.05) is 44.2 Å². The van der Waals surface area contributed by atoms with Gasteiger partial charge in [0, 0.05) is 17.0 Å². The number of aromatic nitrogens is 2. The van der Waals surface area contributed by atoms with Gasteiger partial charge in [-0.15, -0.1) is 11.3 Å². The normalized spacial score (nSPS) is 13.7. The summed E-state index contributed by atoms with van der Waals surface area (Å²) < 4.78 is 10.9. The van der Waals surface area contributed by atoms with Crippen LogP contribution >= 0.6 is 11.3 Å². The average Bonchev–Trinajstić information content (AvgIpc) is 3.26. The Hall–Kier alpha value is -2.67. The average molecular weight is 355 g/mol. The number of hydrogen-bond donors (Lipinski definition) is 0. The van der Waals surface area contributed by atoms with E-state index in [1.54, 1.807) is 16.2 Å². The summed E-state index contributed by atoms with van der Waals surface area (Å²) in [6.45, 7) is 4.82. The topological polar surface area (TPSA) is 68.5 Å². The van der Waals surface area contributed by atoms with Crippen LogP contribution in [0.15, 0.2) is 34.9 Å². The maximum absolute atomic E-state index is 12.1. The second-order valence-electron chi connectivity index (χ2n) is 5.85. The summed E-state index contributed by atoms with van der Waals surface area (Å²) in [5.41, 5.74) is 1.55. The smallest absolute Gasteiger partial charge is 0.268 e. The van der Waals surface area contributed by atoms with Crippen LogP contribution in [0.5, 0.6) is 5.75 Å². The van der Waals surface area contributed by atoms with E-state index >= 15 is 0 Å². The number of anilines is 1. The third-order valence-corrected chi connectivity index (χ3v) is 4.97. The Kier molecular flexibility index (Phi) is 4.01. The summed E-state index contributed by atoms with van der Waals surface area (Å²) in [5.74, 6) is 1.67. The summed E-state index contributed by atoms with van der Waals surface area (Å²) in [6, 6.07) is 9.61. The molecular weight excluding hydrogens is 338 g/mol. The first-order valence-electron chi connectivity index (χ1n) is 8.14. The van der Waals surface area contributed by atoms with E-state index in [-0.39, 0.29) is 12.5 Å². The maximum Gasteiger partial charge on any atom is 0.268 e. The molecule has 25 heavy (non-hydrogen) atoms. The zero-order valence-corrected chi connectivity index (χ0v) is 14.8. The fourth-order valence-corrected chi connectivity index (χ4v) is 3.59. The second kappa shape index (κ2) is 6.33. The standard InChI is InChI=1S/C18H17N3O3S/c1-3-8-21-13-9-12(5-6-14(13)23-10-16(21)22)17-19-18(24-20-17)15-7-4-11(2)25-15/h4-7,9H,3,8,10H2,1-2H3. The number of rotatable bonds is 4. The largest absolute Gasteiger partial charge is 0.482 e. The molecule has 1 aromatic carbocycles. The minimum absolute atomic E-state index is 0.0330. The number of ether oxygens (including phenoxy) is 1. The number of carbonyl (C=O) groups excluding carboxylic acids is 1. The molecule has 0 saturated carbocycles. The van der Waals surface area contributed by atoms with Gasteiger partial charge >= 0.3 is 0 Å². The minimum Gasteiger partial charge on any atom is -0.482 e. The van der Waals surface area contributed by atoms with Gasteiger partial charge in [0.2, 0.25) is 5.82 Å². The van der Waals surface area contributed by atoms with E-state index in [9.17, 15) is 4.79 Å². The molecule has 0 fully saturated rings. The van der Waals surface area contributed by atoms with Gasteiger partial charge in [0.15, 0.2) is 6.61 Å². The number of fused-ring (bicyclic) bond motifs is 1. The molecule has 128 valence electrons. The number of amides is 1. The molecule has 3 heterocycles. The van der Waals surface area contributed by atoms with Crippen LogP contribution in [0.25, 0.3) is 22.2 Å². The molecule has 0 saturated heterocycles. The van der Waals surface area contributed by atoms with Gasteiger partial charge in [-0.3, -0.25) is 4.79 Å². The highest BCUT2D eigenvalue weighted by Gasteiger charge is 2.26. The lowest BCUT2D eigenvalue weighted by molar-refractivity contribution is -0.121. The molecular formula is C18H17N3O3S. The van der Waals surface area contributed by atoms with Crippen LogP contribution in [-0.4, -0.2) is 29.2 Å². The summed E-state index contributed by atoms with van der Waals surface area (Å²) in [6.07, 6.45) is 0.874. The lowest BCUT2D eigenvalue weighted by Gasteiger charge is -2.29. The van der Waals surface area contributed by atoms with E-state index in [0.29, 0.717) is 24.0 Å². The molecule has 0 atom stereocenters. The Morgan fingerprint density at radius 3 is 2.92 bits per heavy atom. The van der Waals surface area contributed by atoms with E-state index in [1.165, 1.54) is 4.88 Å². The molecule has 0 N–H and O–H groups in total. The molecule has 0 spiro atoms. The Morgan fingerprint density at radius 1 is 1.28 bits per heavy atom. The first-order chi connectivity index (χ1) is 12.2. The number of hydrogen-bond acceptors (Lipinski definition) is 6. The zero-order valence-electron chi connectivity index (χ0n) is 14.0. The van der Waals surface area contributed by atoms with Gasteiger partial charge in [-0.1, -0.05) is 12.1 Å². The van der Waals surface area contributed by atoms with Crippen LogP contribution in [0.4, 0.5) is 5.69 Å². The Labute approximate surface area is 149 Å². The molecule has 3 aromatic rings. The predicted molar refractivity (Wildman–Crippen MR) is 95.9 cm³/mol. The van der Waals surface area contributed by atoms with E-state index < -0.39 is 0 Å². The van der Waals surface area contributed by atoms with Gasteiger partial charge < -0.3 is 14.2 Å². The van der Waals surface area contributed by atoms with Crippen LogP contribution in [-0.2, 0) is 4.79 Å². The van der Waals surface area contributed by atoms with Crippen molar-refractivity contribution in [3.05, 3.63) is 35.2 Å². The van der Waals surface area contributed by atoms with Crippen molar-refractivity contribution in [2.45, 2.75) is 20.3 Å². The van der Waals surface area contributed by atoms with Crippen molar-refractivity contribution < 1.29 is 14.1 Å². The summed E-state index contributed by atoms with van der Waals surface area (Å²) >= 11 is 1.61. The molecule has 1 amide bonds. The third-order valence-electron chi connectivity index (χ3n) is 3.98. The Morgan fingerprint density at radius 2 is 2.16 bits per heavy atom. The maximum atomic E-state index is 12.1. The van der Waals surface area contributed by atoms with Crippen LogP contribution < -0.4 is 9.64 Å². The van der Waals surface area contributed by atoms with Crippen molar-refractivity contribution in [2.24, 2.45) is 0 Å². The van der Waals surface area contributed by atoms with Gasteiger partial charge in [0.1, 0.15) is 5.75 Å². The first kappa shape index (κ1) is 15.8. The molecule has 4 rings (SSSR count). The number of nitrogens with zero attached hydrogens (tertiary/aromatic N) is 3. The number of aryl methyl sites for hydroxylation is 1. The number of thiophene rings is 1. The fourth-order valence-electron chi connectivity index (χ4n) is 2.80. The SMILES string of the molecule is CCCN1C(=O)COc2ccc(-c3noc(-c4ccc(C)s4)n3)cc21. The third kappa shape index (κ3) is 2.91. The highest BCUT2D eigenvalue weighted by molar-refractivity contribution is 7.15. The van der Waals surface area contributed by atoms with Crippen molar-refractivity contribution in [3.8, 4) is 27.9 Å². The van der Waals surface area contributed by atoms with Gasteiger partial charge in [0.25, 0.3) is 11.8 Å². The molecule has 1 aliphatic rings. The predicted octanol–water partition coefficient (Wildman–Crippen LogP) is 3.91. The van der Waals surface area contributed by atoms with Crippen LogP contribution in [0.3, 0.4) is 0 Å². The molecule has 6 nitrogen and oxygen atoms in total. The van der Waals surface area contributed by atoms with Gasteiger partial charge in [0.05, 0.1) is 10.6 Å². The van der Waals surface area contributed by atoms with Gasteiger partial charge in [-0.25, -0.2) is 0 Å². The first-order valence-corrected chi connectivity index (χ1v) is 8.95. The summed E-state index contributed by atoms with van der Waals surface area (Å²) in [7, 11) is 0. The molecule has 7 heteroatoms. The summed E-state index contributed by atoms with van der Waals surface area (Å²) in [5, 5.41) is 4.09. The van der Waals surface area contributed by atoms with Crippen molar-refractivity contribution in [1.82, 2.24) is 10.1 Å². The van der Waals surface area contributed by atoms with Crippen molar-refractivity contribution in [2.75, 3.05) is 18.1 Å². The highest BCUT2D eigenvalue weighted by Crippen LogP contribution is 2.36. The Balaban J connectivity index is 1.70. The highest BCUT2D eigenvalue weighted by atomic mass is 32.1. The molecule has 0 radical (unpaired) electrons. The fraction of sp³-hybridized carbons (Fsp3) is 0.278. The van der Waals surface area contributed by atoms with Crippen LogP contribution in [0.1, 0.15) is 18.2 Å². The van der Waals surface area contributed by atoms with Crippen LogP contribution in [0, 0.1) is 6.92 Å². The molecule has 0 aliphatic carbocycles. The molecule has 1 aliphatic heterocycles. The second-order valence-corrected chi connectivity index (χ2v) is 7.14. The van der Waals surface area contributed by atoms with Gasteiger partial charge in [-0.2, -0.15) is 4.98 Å². The van der Waals surface area contributed by atoms with Crippen molar-refractivity contribution >= 4 is 22.9 Å². The van der Waals surface area contributed by atoms with Crippen molar-refractivity contribution in [3.63, 3.8) is 0 Å². The van der Waals surface area contributed by atoms with Crippen LogP contribution in [0.2, 0.25) is 0 Å². The summed E-state index contributed by atoms with van der Waals surface area (Å²) in [4.78, 5) is 20.5. The minimum atomic E-state index is -0.0330. The molecule has 2 aromatic heterocycles. The van der Waals surface area contributed by atoms with E-state index in [4.69, 9.17) is 9.26 Å². The van der Waals surface area contributed by atoms with E-state index in [0.717, 1.165) is 22.5 Å². The lowest BCUT2D eigenvalue weighted by atomic mass is 10.1. The molecule has 0 unspecified atom stereocenters. The lowest BCUT2D eigenvalue weighted by Crippen LogP contribution is -2.39. The zero-order chi connectivity index (χ0) is 17.4. The number of benzene rings is 1. The number of carbonyl (C=O) groups is 1.